The molecule has 1 atom stereocenters. The predicted molar refractivity (Wildman–Crippen MR) is 81.6 cm³/mol. The van der Waals surface area contributed by atoms with Gasteiger partial charge in [-0.2, -0.15) is 4.39 Å². The van der Waals surface area contributed by atoms with E-state index in [4.69, 9.17) is 4.74 Å². The number of aryl methyl sites for hydroxylation is 1. The molecule has 3 aromatic rings. The van der Waals surface area contributed by atoms with Gasteiger partial charge in [0.2, 0.25) is 11.6 Å². The molecule has 0 saturated heterocycles. The van der Waals surface area contributed by atoms with Crippen LogP contribution in [0.4, 0.5) is 17.6 Å². The van der Waals surface area contributed by atoms with Crippen molar-refractivity contribution >= 4 is 21.4 Å². The van der Waals surface area contributed by atoms with Crippen LogP contribution in [0.3, 0.4) is 0 Å². The number of fused-ring (bicyclic) bond motifs is 4. The van der Waals surface area contributed by atoms with Gasteiger partial charge in [0, 0.05) is 10.1 Å². The Morgan fingerprint density at radius 2 is 1.75 bits per heavy atom. The summed E-state index contributed by atoms with van der Waals surface area (Å²) in [4.78, 5) is 0.239. The van der Waals surface area contributed by atoms with E-state index in [1.54, 1.807) is 12.1 Å². The molecule has 4 rings (SSSR count). The Balaban J connectivity index is 2.04. The SMILES string of the molecule is CCc1cccc2c3c(sc12)C(O)c1c(F)c(F)c(F)c(F)c1O3. The molecule has 0 aliphatic carbocycles. The van der Waals surface area contributed by atoms with Crippen molar-refractivity contribution in [3.63, 3.8) is 0 Å². The van der Waals surface area contributed by atoms with Crippen molar-refractivity contribution < 1.29 is 27.4 Å². The lowest BCUT2D eigenvalue weighted by Crippen LogP contribution is -2.14. The fraction of sp³-hybridized carbons (Fsp3) is 0.176. The molecule has 1 aliphatic rings. The molecule has 1 unspecified atom stereocenters. The Kier molecular flexibility index (Phi) is 3.33. The Hall–Kier alpha value is -2.12. The van der Waals surface area contributed by atoms with Gasteiger partial charge in [-0.3, -0.25) is 0 Å². The minimum absolute atomic E-state index is 0.148. The second kappa shape index (κ2) is 5.19. The molecule has 0 bridgehead atoms. The van der Waals surface area contributed by atoms with Gasteiger partial charge in [0.15, 0.2) is 23.1 Å². The number of benzene rings is 2. The number of thiophene rings is 1. The van der Waals surface area contributed by atoms with E-state index in [0.29, 0.717) is 11.8 Å². The summed E-state index contributed by atoms with van der Waals surface area (Å²) < 4.78 is 61.3. The zero-order chi connectivity index (χ0) is 17.2. The highest BCUT2D eigenvalue weighted by molar-refractivity contribution is 7.19. The van der Waals surface area contributed by atoms with Gasteiger partial charge in [-0.1, -0.05) is 19.1 Å². The molecule has 0 radical (unpaired) electrons. The van der Waals surface area contributed by atoms with Gasteiger partial charge in [0.05, 0.1) is 10.4 Å². The highest BCUT2D eigenvalue weighted by Crippen LogP contribution is 2.53. The van der Waals surface area contributed by atoms with E-state index in [0.717, 1.165) is 10.3 Å². The molecule has 124 valence electrons. The summed E-state index contributed by atoms with van der Waals surface area (Å²) >= 11 is 1.17. The van der Waals surface area contributed by atoms with Crippen molar-refractivity contribution in [1.82, 2.24) is 0 Å². The molecule has 7 heteroatoms. The van der Waals surface area contributed by atoms with E-state index < -0.39 is 40.7 Å². The van der Waals surface area contributed by atoms with Crippen LogP contribution in [-0.2, 0) is 6.42 Å². The molecule has 0 amide bonds. The van der Waals surface area contributed by atoms with Gasteiger partial charge < -0.3 is 9.84 Å². The standard InChI is InChI=1S/C17H10F4O2S/c1-2-6-4-3-5-7-14-17(24-16(6)7)13(22)8-9(18)10(19)11(20)12(21)15(8)23-14/h3-5,13,22H,2H2,1H3. The summed E-state index contributed by atoms with van der Waals surface area (Å²) in [6.45, 7) is 1.95. The van der Waals surface area contributed by atoms with Crippen LogP contribution in [0.2, 0.25) is 0 Å². The van der Waals surface area contributed by atoms with E-state index in [9.17, 15) is 22.7 Å². The smallest absolute Gasteiger partial charge is 0.204 e. The van der Waals surface area contributed by atoms with E-state index in [-0.39, 0.29) is 10.6 Å². The third-order valence-electron chi connectivity index (χ3n) is 4.14. The van der Waals surface area contributed by atoms with Crippen LogP contribution in [0.15, 0.2) is 18.2 Å². The first-order valence-corrected chi connectivity index (χ1v) is 8.03. The number of halogens is 4. The third kappa shape index (κ3) is 1.85. The molecule has 2 aromatic carbocycles. The molecule has 1 aromatic heterocycles. The van der Waals surface area contributed by atoms with Crippen LogP contribution in [0.1, 0.15) is 29.0 Å². The molecule has 0 spiro atoms. The van der Waals surface area contributed by atoms with E-state index in [1.807, 2.05) is 13.0 Å². The van der Waals surface area contributed by atoms with Crippen molar-refractivity contribution in [3.05, 3.63) is 57.5 Å². The maximum absolute atomic E-state index is 14.1. The minimum atomic E-state index is -1.97. The number of hydrogen-bond acceptors (Lipinski definition) is 3. The van der Waals surface area contributed by atoms with Gasteiger partial charge >= 0.3 is 0 Å². The normalized spacial score (nSPS) is 16.0. The monoisotopic (exact) mass is 354 g/mol. The maximum Gasteiger partial charge on any atom is 0.204 e. The number of rotatable bonds is 1. The van der Waals surface area contributed by atoms with Gasteiger partial charge in [-0.15, -0.1) is 11.3 Å². The molecule has 1 N–H and O–H groups in total. The predicted octanol–water partition coefficient (Wildman–Crippen LogP) is 5.21. The molecule has 1 aliphatic heterocycles. The zero-order valence-electron chi connectivity index (χ0n) is 12.3. The lowest BCUT2D eigenvalue weighted by Gasteiger charge is -2.23. The molecule has 0 fully saturated rings. The summed E-state index contributed by atoms with van der Waals surface area (Å²) in [6, 6.07) is 5.39. The van der Waals surface area contributed by atoms with Gasteiger partial charge in [-0.25, -0.2) is 13.2 Å². The quantitative estimate of drug-likeness (QED) is 0.369. The molecule has 0 saturated carbocycles. The fourth-order valence-corrected chi connectivity index (χ4v) is 4.25. The van der Waals surface area contributed by atoms with E-state index in [1.165, 1.54) is 11.3 Å². The van der Waals surface area contributed by atoms with Gasteiger partial charge in [0.25, 0.3) is 0 Å². The summed E-state index contributed by atoms with van der Waals surface area (Å²) in [5.74, 6) is -7.89. The van der Waals surface area contributed by atoms with Crippen LogP contribution in [0, 0.1) is 23.3 Å². The average Bonchev–Trinajstić information content (AvgIpc) is 2.97. The summed E-state index contributed by atoms with van der Waals surface area (Å²) in [5, 5.41) is 11.0. The first kappa shape index (κ1) is 15.4. The Labute approximate surface area is 137 Å². The minimum Gasteiger partial charge on any atom is -0.452 e. The lowest BCUT2D eigenvalue weighted by atomic mass is 10.0. The highest BCUT2D eigenvalue weighted by Gasteiger charge is 2.38. The maximum atomic E-state index is 14.1. The van der Waals surface area contributed by atoms with Crippen LogP contribution in [-0.4, -0.2) is 5.11 Å². The Morgan fingerprint density at radius 1 is 1.04 bits per heavy atom. The van der Waals surface area contributed by atoms with Crippen molar-refractivity contribution in [2.75, 3.05) is 0 Å². The molecule has 2 heterocycles. The number of aliphatic hydroxyl groups is 1. The third-order valence-corrected chi connectivity index (χ3v) is 5.46. The Bertz CT molecular complexity index is 996. The molecule has 2 nitrogen and oxygen atoms in total. The van der Waals surface area contributed by atoms with Crippen LogP contribution in [0.25, 0.3) is 10.1 Å². The lowest BCUT2D eigenvalue weighted by molar-refractivity contribution is 0.195. The largest absolute Gasteiger partial charge is 0.452 e. The molecular weight excluding hydrogens is 344 g/mol. The van der Waals surface area contributed by atoms with Gasteiger partial charge in [0.1, 0.15) is 6.10 Å². The van der Waals surface area contributed by atoms with Crippen LogP contribution >= 0.6 is 11.3 Å². The highest BCUT2D eigenvalue weighted by atomic mass is 32.1. The molecular formula is C17H10F4O2S. The second-order valence-electron chi connectivity index (χ2n) is 5.45. The topological polar surface area (TPSA) is 29.5 Å². The van der Waals surface area contributed by atoms with Gasteiger partial charge in [-0.05, 0) is 18.1 Å². The van der Waals surface area contributed by atoms with E-state index in [2.05, 4.69) is 0 Å². The fourth-order valence-electron chi connectivity index (χ4n) is 2.94. The number of hydrogen-bond donors (Lipinski definition) is 1. The van der Waals surface area contributed by atoms with Crippen molar-refractivity contribution in [1.29, 1.82) is 0 Å². The summed E-state index contributed by atoms with van der Waals surface area (Å²) in [6.07, 6.45) is -0.915. The summed E-state index contributed by atoms with van der Waals surface area (Å²) in [5.41, 5.74) is 0.258. The zero-order valence-corrected chi connectivity index (χ0v) is 13.1. The number of ether oxygens (including phenoxy) is 1. The first-order chi connectivity index (χ1) is 11.5. The number of aliphatic hydroxyl groups excluding tert-OH is 1. The van der Waals surface area contributed by atoms with Crippen molar-refractivity contribution in [2.45, 2.75) is 19.4 Å². The van der Waals surface area contributed by atoms with E-state index >= 15 is 0 Å². The summed E-state index contributed by atoms with van der Waals surface area (Å²) in [7, 11) is 0. The Morgan fingerprint density at radius 3 is 2.46 bits per heavy atom. The first-order valence-electron chi connectivity index (χ1n) is 7.21. The van der Waals surface area contributed by atoms with Crippen molar-refractivity contribution in [3.8, 4) is 11.5 Å². The molecule has 24 heavy (non-hydrogen) atoms. The van der Waals surface area contributed by atoms with Crippen molar-refractivity contribution in [2.24, 2.45) is 0 Å². The second-order valence-corrected chi connectivity index (χ2v) is 6.50. The van der Waals surface area contributed by atoms with Crippen LogP contribution in [0.5, 0.6) is 11.5 Å². The average molecular weight is 354 g/mol. The van der Waals surface area contributed by atoms with Crippen LogP contribution < -0.4 is 4.74 Å².